The van der Waals surface area contributed by atoms with Gasteiger partial charge in [-0.15, -0.1) is 24.8 Å². The van der Waals surface area contributed by atoms with Crippen molar-refractivity contribution in [2.24, 2.45) is 17.2 Å². The first-order valence-corrected chi connectivity index (χ1v) is 15.2. The number of unbranched alkanes of at least 4 members (excludes halogenated alkanes) is 9. The van der Waals surface area contributed by atoms with Crippen LogP contribution >= 0.6 is 24.8 Å². The smallest absolute Gasteiger partial charge is 0.00388 e. The molecule has 0 saturated carbocycles. The molecule has 0 fully saturated rings. The van der Waals surface area contributed by atoms with Crippen LogP contribution in [0.2, 0.25) is 0 Å². The van der Waals surface area contributed by atoms with Gasteiger partial charge < -0.3 is 17.2 Å². The summed E-state index contributed by atoms with van der Waals surface area (Å²) >= 11 is 0. The molecule has 5 heteroatoms. The molecule has 0 radical (unpaired) electrons. The van der Waals surface area contributed by atoms with E-state index in [4.69, 9.17) is 17.2 Å². The van der Waals surface area contributed by atoms with Crippen molar-refractivity contribution in [3.63, 3.8) is 0 Å². The minimum atomic E-state index is 0. The second kappa shape index (κ2) is 41.6. The van der Waals surface area contributed by atoms with Crippen LogP contribution in [0.5, 0.6) is 0 Å². The van der Waals surface area contributed by atoms with Crippen molar-refractivity contribution in [3.05, 3.63) is 0 Å². The predicted molar refractivity (Wildman–Crippen MR) is 169 cm³/mol. The summed E-state index contributed by atoms with van der Waals surface area (Å²) in [5.41, 5.74) is 17.7. The first-order valence-electron chi connectivity index (χ1n) is 15.2. The maximum atomic E-state index is 5.90. The summed E-state index contributed by atoms with van der Waals surface area (Å²) in [6, 6.07) is 1.42. The van der Waals surface area contributed by atoms with Gasteiger partial charge in [0.15, 0.2) is 0 Å². The molecule has 0 aliphatic rings. The van der Waals surface area contributed by atoms with Crippen LogP contribution < -0.4 is 17.2 Å². The highest BCUT2D eigenvalue weighted by Crippen LogP contribution is 2.08. The van der Waals surface area contributed by atoms with Gasteiger partial charge in [-0.25, -0.2) is 0 Å². The van der Waals surface area contributed by atoms with Crippen LogP contribution in [0.4, 0.5) is 0 Å². The minimum Gasteiger partial charge on any atom is -0.328 e. The molecule has 6 N–H and O–H groups in total. The lowest BCUT2D eigenvalue weighted by Gasteiger charge is -2.09. The van der Waals surface area contributed by atoms with Crippen molar-refractivity contribution in [2.45, 2.75) is 195 Å². The van der Waals surface area contributed by atoms with Crippen LogP contribution in [-0.2, 0) is 0 Å². The molecular formula is C30H71Cl2N3. The average molecular weight is 545 g/mol. The molecule has 3 unspecified atom stereocenters. The largest absolute Gasteiger partial charge is 0.328 e. The monoisotopic (exact) mass is 544 g/mol. The molecule has 0 saturated heterocycles. The Kier molecular flexibility index (Phi) is 53.9. The Hall–Kier alpha value is 0.460. The lowest BCUT2D eigenvalue weighted by atomic mass is 10.0. The summed E-state index contributed by atoms with van der Waals surface area (Å²) in [5, 5.41) is 0. The van der Waals surface area contributed by atoms with E-state index in [2.05, 4.69) is 41.5 Å². The summed E-state index contributed by atoms with van der Waals surface area (Å²) in [6.07, 6.45) is 27.0. The highest BCUT2D eigenvalue weighted by Gasteiger charge is 2.01. The van der Waals surface area contributed by atoms with E-state index < -0.39 is 0 Å². The zero-order chi connectivity index (χ0) is 25.6. The first kappa shape index (κ1) is 45.4. The number of halogens is 2. The average Bonchev–Trinajstić information content (AvgIpc) is 2.81. The second-order valence-electron chi connectivity index (χ2n) is 10.2. The molecule has 0 spiro atoms. The Labute approximate surface area is 236 Å². The normalized spacial score (nSPS) is 12.6. The predicted octanol–water partition coefficient (Wildman–Crippen LogP) is 10.1. The SMILES string of the molecule is CCCCCC(N)CCCC.CCCCCC(N)CCCC.CCCCCC(N)CCCC.Cl.Cl. The summed E-state index contributed by atoms with van der Waals surface area (Å²) in [7, 11) is 0. The Morgan fingerprint density at radius 1 is 0.314 bits per heavy atom. The van der Waals surface area contributed by atoms with Crippen LogP contribution in [0.25, 0.3) is 0 Å². The maximum Gasteiger partial charge on any atom is 0.00388 e. The van der Waals surface area contributed by atoms with Crippen molar-refractivity contribution in [1.29, 1.82) is 0 Å². The molecule has 0 aliphatic heterocycles. The van der Waals surface area contributed by atoms with Gasteiger partial charge in [-0.1, -0.05) is 138 Å². The van der Waals surface area contributed by atoms with Crippen LogP contribution in [0.1, 0.15) is 176 Å². The zero-order valence-electron chi connectivity index (χ0n) is 25.1. The third kappa shape index (κ3) is 48.2. The standard InChI is InChI=1S/3C10H23N.2ClH/c3*1-3-5-7-9-10(11)8-6-4-2;;/h3*10H,3-9,11H2,1-2H3;2*1H. The summed E-state index contributed by atoms with van der Waals surface area (Å²) < 4.78 is 0. The van der Waals surface area contributed by atoms with Gasteiger partial charge in [0.25, 0.3) is 0 Å². The number of nitrogens with two attached hydrogens (primary N) is 3. The molecule has 220 valence electrons. The van der Waals surface area contributed by atoms with E-state index in [-0.39, 0.29) is 24.8 Å². The van der Waals surface area contributed by atoms with E-state index in [1.807, 2.05) is 0 Å². The maximum absolute atomic E-state index is 5.90. The Morgan fingerprint density at radius 3 is 0.657 bits per heavy atom. The van der Waals surface area contributed by atoms with Crippen molar-refractivity contribution < 1.29 is 0 Å². The number of hydrogen-bond acceptors (Lipinski definition) is 3. The molecule has 0 aromatic carbocycles. The molecule has 0 amide bonds. The summed E-state index contributed by atoms with van der Waals surface area (Å²) in [5.74, 6) is 0. The fourth-order valence-electron chi connectivity index (χ4n) is 3.80. The number of rotatable bonds is 21. The van der Waals surface area contributed by atoms with E-state index in [0.29, 0.717) is 18.1 Å². The molecule has 0 bridgehead atoms. The molecule has 3 nitrogen and oxygen atoms in total. The number of hydrogen-bond donors (Lipinski definition) is 3. The van der Waals surface area contributed by atoms with Gasteiger partial charge in [0.2, 0.25) is 0 Å². The molecule has 0 aromatic rings. The van der Waals surface area contributed by atoms with Crippen LogP contribution in [0.15, 0.2) is 0 Å². The third-order valence-electron chi connectivity index (χ3n) is 6.32. The lowest BCUT2D eigenvalue weighted by molar-refractivity contribution is 0.510. The highest BCUT2D eigenvalue weighted by atomic mass is 35.5. The van der Waals surface area contributed by atoms with E-state index in [9.17, 15) is 0 Å². The van der Waals surface area contributed by atoms with Gasteiger partial charge >= 0.3 is 0 Å². The van der Waals surface area contributed by atoms with Crippen molar-refractivity contribution in [2.75, 3.05) is 0 Å². The topological polar surface area (TPSA) is 78.1 Å². The van der Waals surface area contributed by atoms with Crippen LogP contribution in [-0.4, -0.2) is 18.1 Å². The zero-order valence-corrected chi connectivity index (χ0v) is 26.8. The van der Waals surface area contributed by atoms with E-state index in [0.717, 1.165) is 0 Å². The lowest BCUT2D eigenvalue weighted by Crippen LogP contribution is -2.19. The van der Waals surface area contributed by atoms with Crippen LogP contribution in [0, 0.1) is 0 Å². The van der Waals surface area contributed by atoms with Gasteiger partial charge in [0, 0.05) is 18.1 Å². The Morgan fingerprint density at radius 2 is 0.486 bits per heavy atom. The Balaban J connectivity index is -0.000000125. The van der Waals surface area contributed by atoms with E-state index >= 15 is 0 Å². The first-order chi connectivity index (χ1) is 15.9. The minimum absolute atomic E-state index is 0. The van der Waals surface area contributed by atoms with Gasteiger partial charge in [0.1, 0.15) is 0 Å². The molecule has 3 atom stereocenters. The van der Waals surface area contributed by atoms with Gasteiger partial charge in [-0.3, -0.25) is 0 Å². The molecule has 0 heterocycles. The Bertz CT molecular complexity index is 272. The van der Waals surface area contributed by atoms with Crippen LogP contribution in [0.3, 0.4) is 0 Å². The highest BCUT2D eigenvalue weighted by molar-refractivity contribution is 5.85. The second-order valence-corrected chi connectivity index (χ2v) is 10.2. The molecular weight excluding hydrogens is 473 g/mol. The van der Waals surface area contributed by atoms with Crippen molar-refractivity contribution >= 4 is 24.8 Å². The molecule has 0 aliphatic carbocycles. The summed E-state index contributed by atoms with van der Waals surface area (Å²) in [6.45, 7) is 13.4. The van der Waals surface area contributed by atoms with E-state index in [1.165, 1.54) is 135 Å². The fourth-order valence-corrected chi connectivity index (χ4v) is 3.80. The van der Waals surface area contributed by atoms with Gasteiger partial charge in [-0.2, -0.15) is 0 Å². The van der Waals surface area contributed by atoms with Crippen molar-refractivity contribution in [1.82, 2.24) is 0 Å². The van der Waals surface area contributed by atoms with Gasteiger partial charge in [-0.05, 0) is 38.5 Å². The molecule has 0 aromatic heterocycles. The summed E-state index contributed by atoms with van der Waals surface area (Å²) in [4.78, 5) is 0. The van der Waals surface area contributed by atoms with Crippen molar-refractivity contribution in [3.8, 4) is 0 Å². The fraction of sp³-hybridized carbons (Fsp3) is 1.00. The van der Waals surface area contributed by atoms with E-state index in [1.54, 1.807) is 0 Å². The third-order valence-corrected chi connectivity index (χ3v) is 6.32. The quantitative estimate of drug-likeness (QED) is 0.126. The van der Waals surface area contributed by atoms with Gasteiger partial charge in [0.05, 0.1) is 0 Å². The molecule has 35 heavy (non-hydrogen) atoms. The molecule has 0 rings (SSSR count).